The van der Waals surface area contributed by atoms with Crippen molar-refractivity contribution in [1.29, 1.82) is 0 Å². The minimum atomic E-state index is -2.88. The van der Waals surface area contributed by atoms with Crippen molar-refractivity contribution in [3.63, 3.8) is 0 Å². The number of aliphatic hydroxyl groups is 1. The smallest absolute Gasteiger partial charge is 0.191 e. The summed E-state index contributed by atoms with van der Waals surface area (Å²) >= 11 is 0. The van der Waals surface area contributed by atoms with E-state index in [-0.39, 0.29) is 53.5 Å². The summed E-state index contributed by atoms with van der Waals surface area (Å²) in [6.07, 6.45) is 3.34. The Morgan fingerprint density at radius 2 is 2.10 bits per heavy atom. The Kier molecular flexibility index (Phi) is 7.69. The molecule has 0 aromatic rings. The highest BCUT2D eigenvalue weighted by molar-refractivity contribution is 14.0. The number of hydrogen-bond acceptors (Lipinski definition) is 4. The monoisotopic (exact) mass is 431 g/mol. The number of rotatable bonds is 4. The Balaban J connectivity index is 0.00000220. The second-order valence-corrected chi connectivity index (χ2v) is 7.95. The van der Waals surface area contributed by atoms with Gasteiger partial charge in [0.15, 0.2) is 15.8 Å². The molecule has 3 unspecified atom stereocenters. The second-order valence-electron chi connectivity index (χ2n) is 5.72. The summed E-state index contributed by atoms with van der Waals surface area (Å²) in [5, 5.41) is 16.1. The topological polar surface area (TPSA) is 90.8 Å². The summed E-state index contributed by atoms with van der Waals surface area (Å²) in [5.74, 6) is 1.33. The lowest BCUT2D eigenvalue weighted by Crippen LogP contribution is -2.44. The van der Waals surface area contributed by atoms with E-state index in [9.17, 15) is 13.5 Å². The van der Waals surface area contributed by atoms with Crippen LogP contribution < -0.4 is 10.6 Å². The van der Waals surface area contributed by atoms with Gasteiger partial charge in [0.25, 0.3) is 0 Å². The van der Waals surface area contributed by atoms with Crippen molar-refractivity contribution in [2.75, 3.05) is 24.6 Å². The van der Waals surface area contributed by atoms with Crippen molar-refractivity contribution < 1.29 is 13.5 Å². The van der Waals surface area contributed by atoms with E-state index in [1.54, 1.807) is 0 Å². The lowest BCUT2D eigenvalue weighted by molar-refractivity contribution is 0.136. The molecule has 124 valence electrons. The van der Waals surface area contributed by atoms with Crippen molar-refractivity contribution in [2.24, 2.45) is 10.9 Å². The van der Waals surface area contributed by atoms with Crippen molar-refractivity contribution in [1.82, 2.24) is 10.6 Å². The summed E-state index contributed by atoms with van der Waals surface area (Å²) in [4.78, 5) is 4.50. The maximum atomic E-state index is 11.5. The summed E-state index contributed by atoms with van der Waals surface area (Å²) in [5.41, 5.74) is 0. The van der Waals surface area contributed by atoms with Gasteiger partial charge < -0.3 is 15.7 Å². The summed E-state index contributed by atoms with van der Waals surface area (Å²) in [6.45, 7) is 3.31. The number of hydrogen-bond donors (Lipinski definition) is 3. The van der Waals surface area contributed by atoms with Gasteiger partial charge in [0.1, 0.15) is 0 Å². The molecule has 8 heteroatoms. The van der Waals surface area contributed by atoms with E-state index in [1.165, 1.54) is 0 Å². The Morgan fingerprint density at radius 3 is 2.62 bits per heavy atom. The van der Waals surface area contributed by atoms with Gasteiger partial charge in [0, 0.05) is 25.0 Å². The molecule has 1 saturated heterocycles. The van der Waals surface area contributed by atoms with Gasteiger partial charge in [0.2, 0.25) is 0 Å². The standard InChI is InChI=1S/C13H25N3O3S.HI/c1-2-14-13(15-8-10-4-3-5-12(10)17)16-11-6-7-20(18,19)9-11;/h10-12,17H,2-9H2,1H3,(H2,14,15,16);1H. The fraction of sp³-hybridized carbons (Fsp3) is 0.923. The minimum absolute atomic E-state index is 0. The predicted molar refractivity (Wildman–Crippen MR) is 94.9 cm³/mol. The van der Waals surface area contributed by atoms with Gasteiger partial charge in [-0.3, -0.25) is 4.99 Å². The molecule has 6 nitrogen and oxygen atoms in total. The molecular weight excluding hydrogens is 405 g/mol. The van der Waals surface area contributed by atoms with Crippen LogP contribution in [-0.2, 0) is 9.84 Å². The SMILES string of the molecule is CCNC(=NCC1CCCC1O)NC1CCS(=O)(=O)C1.I. The average Bonchev–Trinajstić information content (AvgIpc) is 2.93. The molecule has 0 aromatic carbocycles. The summed E-state index contributed by atoms with van der Waals surface area (Å²) < 4.78 is 22.9. The zero-order valence-electron chi connectivity index (χ0n) is 12.4. The van der Waals surface area contributed by atoms with Crippen molar-refractivity contribution in [3.05, 3.63) is 0 Å². The fourth-order valence-electron chi connectivity index (χ4n) is 2.86. The number of nitrogens with zero attached hydrogens (tertiary/aromatic N) is 1. The lowest BCUT2D eigenvalue weighted by Gasteiger charge is -2.17. The van der Waals surface area contributed by atoms with Crippen LogP contribution >= 0.6 is 24.0 Å². The van der Waals surface area contributed by atoms with E-state index in [4.69, 9.17) is 0 Å². The Labute approximate surface area is 144 Å². The van der Waals surface area contributed by atoms with E-state index in [0.29, 0.717) is 18.9 Å². The lowest BCUT2D eigenvalue weighted by atomic mass is 10.1. The van der Waals surface area contributed by atoms with Crippen LogP contribution in [0.1, 0.15) is 32.6 Å². The molecule has 0 radical (unpaired) electrons. The molecule has 1 aliphatic heterocycles. The van der Waals surface area contributed by atoms with Gasteiger partial charge in [0.05, 0.1) is 17.6 Å². The van der Waals surface area contributed by atoms with Crippen molar-refractivity contribution >= 4 is 39.8 Å². The third-order valence-corrected chi connectivity index (χ3v) is 5.79. The number of aliphatic imine (C=N–C) groups is 1. The molecule has 0 bridgehead atoms. The Bertz CT molecular complexity index is 456. The zero-order chi connectivity index (χ0) is 14.6. The fourth-order valence-corrected chi connectivity index (χ4v) is 4.53. The maximum absolute atomic E-state index is 11.5. The normalized spacial score (nSPS) is 31.7. The first-order valence-electron chi connectivity index (χ1n) is 7.43. The molecule has 1 saturated carbocycles. The number of guanidine groups is 1. The quantitative estimate of drug-likeness (QED) is 0.343. The van der Waals surface area contributed by atoms with Crippen LogP contribution in [0.5, 0.6) is 0 Å². The van der Waals surface area contributed by atoms with Gasteiger partial charge in [-0.15, -0.1) is 24.0 Å². The highest BCUT2D eigenvalue weighted by Gasteiger charge is 2.29. The van der Waals surface area contributed by atoms with Crippen LogP contribution in [0.3, 0.4) is 0 Å². The molecule has 3 N–H and O–H groups in total. The maximum Gasteiger partial charge on any atom is 0.191 e. The van der Waals surface area contributed by atoms with Gasteiger partial charge in [-0.1, -0.05) is 6.42 Å². The molecule has 1 heterocycles. The third-order valence-electron chi connectivity index (χ3n) is 4.02. The molecule has 1 aliphatic carbocycles. The second kappa shape index (κ2) is 8.52. The van der Waals surface area contributed by atoms with Gasteiger partial charge in [-0.2, -0.15) is 0 Å². The van der Waals surface area contributed by atoms with Crippen LogP contribution in [0.4, 0.5) is 0 Å². The first kappa shape index (κ1) is 19.0. The average molecular weight is 431 g/mol. The molecular formula is C13H26IN3O3S. The molecule has 0 amide bonds. The van der Waals surface area contributed by atoms with E-state index < -0.39 is 9.84 Å². The highest BCUT2D eigenvalue weighted by Crippen LogP contribution is 2.25. The van der Waals surface area contributed by atoms with Crippen LogP contribution in [0.25, 0.3) is 0 Å². The Morgan fingerprint density at radius 1 is 1.33 bits per heavy atom. The van der Waals surface area contributed by atoms with Crippen molar-refractivity contribution in [3.8, 4) is 0 Å². The number of aliphatic hydroxyl groups excluding tert-OH is 1. The molecule has 3 atom stereocenters. The zero-order valence-corrected chi connectivity index (χ0v) is 15.6. The molecule has 2 aliphatic rings. The summed E-state index contributed by atoms with van der Waals surface area (Å²) in [7, 11) is -2.88. The largest absolute Gasteiger partial charge is 0.393 e. The first-order valence-corrected chi connectivity index (χ1v) is 9.25. The number of sulfone groups is 1. The predicted octanol–water partition coefficient (Wildman–Crippen LogP) is 0.508. The van der Waals surface area contributed by atoms with E-state index in [0.717, 1.165) is 25.8 Å². The van der Waals surface area contributed by atoms with Crippen LogP contribution in [0.15, 0.2) is 4.99 Å². The molecule has 0 aromatic heterocycles. The van der Waals surface area contributed by atoms with Gasteiger partial charge >= 0.3 is 0 Å². The van der Waals surface area contributed by atoms with Crippen molar-refractivity contribution in [2.45, 2.75) is 44.8 Å². The molecule has 0 spiro atoms. The minimum Gasteiger partial charge on any atom is -0.393 e. The highest BCUT2D eigenvalue weighted by atomic mass is 127. The molecule has 21 heavy (non-hydrogen) atoms. The first-order chi connectivity index (χ1) is 9.50. The van der Waals surface area contributed by atoms with Gasteiger partial charge in [-0.25, -0.2) is 8.42 Å². The van der Waals surface area contributed by atoms with E-state index >= 15 is 0 Å². The Hall–Kier alpha value is -0.0900. The molecule has 2 fully saturated rings. The summed E-state index contributed by atoms with van der Waals surface area (Å²) in [6, 6.07) is -0.0497. The molecule has 2 rings (SSSR count). The van der Waals surface area contributed by atoms with Crippen LogP contribution in [-0.4, -0.2) is 56.2 Å². The van der Waals surface area contributed by atoms with E-state index in [2.05, 4.69) is 15.6 Å². The van der Waals surface area contributed by atoms with Crippen LogP contribution in [0.2, 0.25) is 0 Å². The van der Waals surface area contributed by atoms with E-state index in [1.807, 2.05) is 6.92 Å². The van der Waals surface area contributed by atoms with Gasteiger partial charge in [-0.05, 0) is 26.2 Å². The van der Waals surface area contributed by atoms with Crippen LogP contribution in [0, 0.1) is 5.92 Å². The number of halogens is 1. The third kappa shape index (κ3) is 5.90. The number of nitrogens with one attached hydrogen (secondary N) is 2.